The quantitative estimate of drug-likeness (QED) is 0.888. The Kier molecular flexibility index (Phi) is 3.42. The maximum atomic E-state index is 12.4. The molecule has 3 nitrogen and oxygen atoms in total. The van der Waals surface area contributed by atoms with E-state index in [4.69, 9.17) is 5.73 Å². The number of nitrogens with two attached hydrogens (primary N) is 1. The van der Waals surface area contributed by atoms with Crippen LogP contribution >= 0.6 is 11.3 Å². The summed E-state index contributed by atoms with van der Waals surface area (Å²) in [6.45, 7) is 4.05. The van der Waals surface area contributed by atoms with Crippen molar-refractivity contribution in [1.29, 1.82) is 0 Å². The second-order valence-corrected chi connectivity index (χ2v) is 5.57. The fourth-order valence-corrected chi connectivity index (χ4v) is 2.76. The second kappa shape index (κ2) is 4.55. The predicted molar refractivity (Wildman–Crippen MR) is 59.5 cm³/mol. The van der Waals surface area contributed by atoms with Crippen molar-refractivity contribution in [3.63, 3.8) is 0 Å². The molecule has 0 amide bonds. The lowest BCUT2D eigenvalue weighted by Crippen LogP contribution is -2.28. The van der Waals surface area contributed by atoms with Crippen LogP contribution in [-0.4, -0.2) is 29.0 Å². The van der Waals surface area contributed by atoms with Gasteiger partial charge < -0.3 is 5.73 Å². The molecule has 96 valence electrons. The van der Waals surface area contributed by atoms with Crippen molar-refractivity contribution >= 4 is 11.3 Å². The summed E-state index contributed by atoms with van der Waals surface area (Å²) in [7, 11) is 0. The molecule has 1 fully saturated rings. The molecular weight excluding hydrogens is 251 g/mol. The molecule has 2 rings (SSSR count). The zero-order valence-electron chi connectivity index (χ0n) is 9.37. The van der Waals surface area contributed by atoms with Gasteiger partial charge in [-0.2, -0.15) is 13.2 Å². The van der Waals surface area contributed by atoms with Crippen LogP contribution in [0.3, 0.4) is 0 Å². The minimum Gasteiger partial charge on any atom is -0.326 e. The van der Waals surface area contributed by atoms with Gasteiger partial charge in [0.25, 0.3) is 0 Å². The molecule has 1 aliphatic rings. The van der Waals surface area contributed by atoms with Gasteiger partial charge in [-0.05, 0) is 5.92 Å². The molecule has 0 aliphatic carbocycles. The van der Waals surface area contributed by atoms with E-state index < -0.39 is 11.1 Å². The number of thiazole rings is 1. The van der Waals surface area contributed by atoms with E-state index in [9.17, 15) is 13.2 Å². The van der Waals surface area contributed by atoms with Gasteiger partial charge in [0.2, 0.25) is 0 Å². The Morgan fingerprint density at radius 2 is 2.24 bits per heavy atom. The highest BCUT2D eigenvalue weighted by molar-refractivity contribution is 7.11. The highest BCUT2D eigenvalue weighted by atomic mass is 32.1. The Balaban J connectivity index is 1.98. The number of alkyl halides is 3. The van der Waals surface area contributed by atoms with Crippen LogP contribution < -0.4 is 5.73 Å². The largest absolute Gasteiger partial charge is 0.427 e. The number of likely N-dealkylation sites (tertiary alicyclic amines) is 1. The molecule has 2 N–H and O–H groups in total. The van der Waals surface area contributed by atoms with Crippen LogP contribution in [0.2, 0.25) is 0 Å². The van der Waals surface area contributed by atoms with Crippen LogP contribution in [0.1, 0.15) is 16.8 Å². The first-order valence-corrected chi connectivity index (χ1v) is 6.17. The van der Waals surface area contributed by atoms with E-state index in [2.05, 4.69) is 4.98 Å². The molecular formula is C10H14F3N3S. The Morgan fingerprint density at radius 3 is 2.71 bits per heavy atom. The van der Waals surface area contributed by atoms with Crippen LogP contribution in [0.4, 0.5) is 13.2 Å². The van der Waals surface area contributed by atoms with Crippen molar-refractivity contribution < 1.29 is 13.2 Å². The van der Waals surface area contributed by atoms with Gasteiger partial charge in [-0.1, -0.05) is 6.92 Å². The van der Waals surface area contributed by atoms with E-state index >= 15 is 0 Å². The molecule has 0 saturated carbocycles. The first-order chi connectivity index (χ1) is 7.86. The van der Waals surface area contributed by atoms with Crippen LogP contribution in [0.15, 0.2) is 6.20 Å². The zero-order chi connectivity index (χ0) is 12.6. The van der Waals surface area contributed by atoms with Crippen molar-refractivity contribution in [3.05, 3.63) is 16.1 Å². The van der Waals surface area contributed by atoms with Crippen molar-refractivity contribution in [2.24, 2.45) is 11.7 Å². The molecule has 1 aromatic rings. The van der Waals surface area contributed by atoms with Gasteiger partial charge in [0.05, 0.1) is 12.7 Å². The normalized spacial score (nSPS) is 26.6. The standard InChI is InChI=1S/C10H14F3N3S/c1-6-3-16(4-7(6)14)5-9-15-2-8(17-9)10(11,12)13/h2,6-7H,3-5,14H2,1H3. The lowest BCUT2D eigenvalue weighted by molar-refractivity contribution is -0.134. The van der Waals surface area contributed by atoms with Crippen molar-refractivity contribution in [1.82, 2.24) is 9.88 Å². The van der Waals surface area contributed by atoms with Gasteiger partial charge in [0, 0.05) is 19.1 Å². The number of aromatic nitrogens is 1. The van der Waals surface area contributed by atoms with Gasteiger partial charge in [-0.15, -0.1) is 11.3 Å². The summed E-state index contributed by atoms with van der Waals surface area (Å²) < 4.78 is 37.1. The van der Waals surface area contributed by atoms with E-state index in [0.29, 0.717) is 28.8 Å². The van der Waals surface area contributed by atoms with Gasteiger partial charge >= 0.3 is 6.18 Å². The van der Waals surface area contributed by atoms with Gasteiger partial charge in [0.1, 0.15) is 9.88 Å². The summed E-state index contributed by atoms with van der Waals surface area (Å²) >= 11 is 0.711. The molecule has 7 heteroatoms. The third kappa shape index (κ3) is 2.97. The lowest BCUT2D eigenvalue weighted by Gasteiger charge is -2.12. The molecule has 17 heavy (non-hydrogen) atoms. The molecule has 0 aromatic carbocycles. The fraction of sp³-hybridized carbons (Fsp3) is 0.700. The van der Waals surface area contributed by atoms with Gasteiger partial charge in [-0.25, -0.2) is 4.98 Å². The summed E-state index contributed by atoms with van der Waals surface area (Å²) in [5.74, 6) is 0.386. The second-order valence-electron chi connectivity index (χ2n) is 4.45. The van der Waals surface area contributed by atoms with Crippen molar-refractivity contribution in [2.75, 3.05) is 13.1 Å². The van der Waals surface area contributed by atoms with Crippen LogP contribution in [-0.2, 0) is 12.7 Å². The molecule has 2 atom stereocenters. The molecule has 0 bridgehead atoms. The maximum absolute atomic E-state index is 12.4. The number of nitrogens with zero attached hydrogens (tertiary/aromatic N) is 2. The molecule has 2 unspecified atom stereocenters. The van der Waals surface area contributed by atoms with E-state index in [1.165, 1.54) is 0 Å². The molecule has 2 heterocycles. The average Bonchev–Trinajstić information content (AvgIpc) is 2.75. The Hall–Kier alpha value is -0.660. The van der Waals surface area contributed by atoms with E-state index in [-0.39, 0.29) is 6.04 Å². The van der Waals surface area contributed by atoms with E-state index in [0.717, 1.165) is 19.3 Å². The summed E-state index contributed by atoms with van der Waals surface area (Å²) in [5, 5.41) is 0.499. The molecule has 1 aromatic heterocycles. The molecule has 1 saturated heterocycles. The van der Waals surface area contributed by atoms with Crippen LogP contribution in [0, 0.1) is 5.92 Å². The monoisotopic (exact) mass is 265 g/mol. The number of hydrogen-bond acceptors (Lipinski definition) is 4. The number of hydrogen-bond donors (Lipinski definition) is 1. The number of rotatable bonds is 2. The Labute approximate surface area is 101 Å². The van der Waals surface area contributed by atoms with Crippen LogP contribution in [0.5, 0.6) is 0 Å². The third-order valence-corrected chi connectivity index (χ3v) is 3.96. The molecule has 1 aliphatic heterocycles. The smallest absolute Gasteiger partial charge is 0.326 e. The predicted octanol–water partition coefficient (Wildman–Crippen LogP) is 1.94. The highest BCUT2D eigenvalue weighted by Gasteiger charge is 2.34. The van der Waals surface area contributed by atoms with E-state index in [1.807, 2.05) is 11.8 Å². The summed E-state index contributed by atoms with van der Waals surface area (Å²) in [6, 6.07) is 0.108. The molecule has 0 spiro atoms. The highest BCUT2D eigenvalue weighted by Crippen LogP contribution is 2.33. The minimum atomic E-state index is -4.29. The van der Waals surface area contributed by atoms with Crippen LogP contribution in [0.25, 0.3) is 0 Å². The molecule has 0 radical (unpaired) electrons. The zero-order valence-corrected chi connectivity index (χ0v) is 10.2. The minimum absolute atomic E-state index is 0.108. The van der Waals surface area contributed by atoms with Crippen molar-refractivity contribution in [3.8, 4) is 0 Å². The van der Waals surface area contributed by atoms with Crippen molar-refractivity contribution in [2.45, 2.75) is 25.7 Å². The average molecular weight is 265 g/mol. The Bertz CT molecular complexity index is 380. The third-order valence-electron chi connectivity index (χ3n) is 2.94. The topological polar surface area (TPSA) is 42.2 Å². The first-order valence-electron chi connectivity index (χ1n) is 5.36. The van der Waals surface area contributed by atoms with Gasteiger partial charge in [-0.3, -0.25) is 4.90 Å². The summed E-state index contributed by atoms with van der Waals surface area (Å²) in [5.41, 5.74) is 5.86. The Morgan fingerprint density at radius 1 is 1.53 bits per heavy atom. The summed E-state index contributed by atoms with van der Waals surface area (Å²) in [6.07, 6.45) is -3.38. The maximum Gasteiger partial charge on any atom is 0.427 e. The van der Waals surface area contributed by atoms with E-state index in [1.54, 1.807) is 0 Å². The SMILES string of the molecule is CC1CN(Cc2ncc(C(F)(F)F)s2)CC1N. The fourth-order valence-electron chi connectivity index (χ4n) is 1.93. The summed E-state index contributed by atoms with van der Waals surface area (Å²) in [4.78, 5) is 5.23. The number of halogens is 3. The lowest BCUT2D eigenvalue weighted by atomic mass is 10.1. The first kappa shape index (κ1) is 12.8. The van der Waals surface area contributed by atoms with Gasteiger partial charge in [0.15, 0.2) is 0 Å².